The molecule has 0 unspecified atom stereocenters. The summed E-state index contributed by atoms with van der Waals surface area (Å²) in [6, 6.07) is 6.11. The highest BCUT2D eigenvalue weighted by Gasteiger charge is 2.20. The van der Waals surface area contributed by atoms with Crippen molar-refractivity contribution in [3.8, 4) is 5.75 Å². The molecule has 0 aliphatic rings. The zero-order chi connectivity index (χ0) is 13.5. The molecule has 0 saturated carbocycles. The van der Waals surface area contributed by atoms with Crippen molar-refractivity contribution in [1.29, 1.82) is 0 Å². The lowest BCUT2D eigenvalue weighted by Gasteiger charge is -2.22. The van der Waals surface area contributed by atoms with Gasteiger partial charge in [0.15, 0.2) is 0 Å². The number of ether oxygens (including phenoxy) is 1. The largest absolute Gasteiger partial charge is 0.494 e. The van der Waals surface area contributed by atoms with Gasteiger partial charge >= 0.3 is 0 Å². The second-order valence-electron chi connectivity index (χ2n) is 5.65. The van der Waals surface area contributed by atoms with Crippen LogP contribution >= 0.6 is 0 Å². The molecule has 0 atom stereocenters. The van der Waals surface area contributed by atoms with Crippen LogP contribution in [0.3, 0.4) is 0 Å². The Balaban J connectivity index is 2.83. The van der Waals surface area contributed by atoms with E-state index in [0.29, 0.717) is 5.82 Å². The van der Waals surface area contributed by atoms with Gasteiger partial charge in [-0.25, -0.2) is 4.98 Å². The molecule has 1 aromatic heterocycles. The van der Waals surface area contributed by atoms with E-state index in [2.05, 4.69) is 38.7 Å². The van der Waals surface area contributed by atoms with Crippen LogP contribution in [0.2, 0.25) is 0 Å². The van der Waals surface area contributed by atoms with Crippen LogP contribution in [0.1, 0.15) is 31.9 Å². The first kappa shape index (κ1) is 12.7. The van der Waals surface area contributed by atoms with Crippen LogP contribution in [-0.4, -0.2) is 12.1 Å². The maximum absolute atomic E-state index is 6.08. The predicted octanol–water partition coefficient (Wildman–Crippen LogP) is 3.43. The number of pyridine rings is 1. The third-order valence-electron chi connectivity index (χ3n) is 3.22. The normalized spacial score (nSPS) is 11.8. The van der Waals surface area contributed by atoms with E-state index >= 15 is 0 Å². The Morgan fingerprint density at radius 1 is 1.22 bits per heavy atom. The maximum Gasteiger partial charge on any atom is 0.145 e. The van der Waals surface area contributed by atoms with Gasteiger partial charge < -0.3 is 10.5 Å². The van der Waals surface area contributed by atoms with Crippen molar-refractivity contribution in [2.45, 2.75) is 33.1 Å². The molecule has 0 fully saturated rings. The molecule has 18 heavy (non-hydrogen) atoms. The van der Waals surface area contributed by atoms with Crippen molar-refractivity contribution in [2.75, 3.05) is 12.8 Å². The SMILES string of the molecule is COc1ccc(C)c2cc(C(C)(C)C)c(N)nc12. The van der Waals surface area contributed by atoms with Crippen molar-refractivity contribution in [3.05, 3.63) is 29.3 Å². The monoisotopic (exact) mass is 244 g/mol. The van der Waals surface area contributed by atoms with Crippen LogP contribution in [0.25, 0.3) is 10.9 Å². The van der Waals surface area contributed by atoms with Gasteiger partial charge in [0, 0.05) is 10.9 Å². The van der Waals surface area contributed by atoms with Crippen molar-refractivity contribution in [3.63, 3.8) is 0 Å². The number of methoxy groups -OCH3 is 1. The fourth-order valence-electron chi connectivity index (χ4n) is 2.15. The van der Waals surface area contributed by atoms with Crippen molar-refractivity contribution in [1.82, 2.24) is 4.98 Å². The van der Waals surface area contributed by atoms with E-state index < -0.39 is 0 Å². The number of hydrogen-bond acceptors (Lipinski definition) is 3. The molecular weight excluding hydrogens is 224 g/mol. The van der Waals surface area contributed by atoms with Gasteiger partial charge in [-0.15, -0.1) is 0 Å². The van der Waals surface area contributed by atoms with E-state index in [4.69, 9.17) is 10.5 Å². The van der Waals surface area contributed by atoms with E-state index in [0.717, 1.165) is 22.2 Å². The topological polar surface area (TPSA) is 48.1 Å². The fraction of sp³-hybridized carbons (Fsp3) is 0.400. The number of anilines is 1. The number of aromatic nitrogens is 1. The molecule has 2 rings (SSSR count). The molecule has 96 valence electrons. The van der Waals surface area contributed by atoms with Crippen molar-refractivity contribution >= 4 is 16.7 Å². The number of nitrogen functional groups attached to an aromatic ring is 1. The van der Waals surface area contributed by atoms with Gasteiger partial charge in [0.1, 0.15) is 17.1 Å². The lowest BCUT2D eigenvalue weighted by Crippen LogP contribution is -2.15. The van der Waals surface area contributed by atoms with E-state index in [-0.39, 0.29) is 5.41 Å². The number of rotatable bonds is 1. The average molecular weight is 244 g/mol. The second-order valence-corrected chi connectivity index (χ2v) is 5.65. The van der Waals surface area contributed by atoms with Gasteiger partial charge in [-0.1, -0.05) is 26.8 Å². The summed E-state index contributed by atoms with van der Waals surface area (Å²) < 4.78 is 5.34. The smallest absolute Gasteiger partial charge is 0.145 e. The Hall–Kier alpha value is -1.77. The number of fused-ring (bicyclic) bond motifs is 1. The number of nitrogens with two attached hydrogens (primary N) is 1. The summed E-state index contributed by atoms with van der Waals surface area (Å²) in [5.41, 5.74) is 9.16. The van der Waals surface area contributed by atoms with Crippen LogP contribution in [0.4, 0.5) is 5.82 Å². The van der Waals surface area contributed by atoms with E-state index in [1.807, 2.05) is 12.1 Å². The number of hydrogen-bond donors (Lipinski definition) is 1. The Morgan fingerprint density at radius 3 is 2.44 bits per heavy atom. The summed E-state index contributed by atoms with van der Waals surface area (Å²) in [6.45, 7) is 8.50. The summed E-state index contributed by atoms with van der Waals surface area (Å²) in [5, 5.41) is 1.11. The molecule has 0 saturated heterocycles. The van der Waals surface area contributed by atoms with E-state index in [1.165, 1.54) is 5.56 Å². The molecule has 1 heterocycles. The van der Waals surface area contributed by atoms with Gasteiger partial charge in [-0.2, -0.15) is 0 Å². The standard InChI is InChI=1S/C15H20N2O/c1-9-6-7-12(18-5)13-10(9)8-11(14(16)17-13)15(2,3)4/h6-8H,1-5H3,(H2,16,17). The third-order valence-corrected chi connectivity index (χ3v) is 3.22. The molecule has 1 aromatic carbocycles. The van der Waals surface area contributed by atoms with Gasteiger partial charge in [-0.3, -0.25) is 0 Å². The van der Waals surface area contributed by atoms with Crippen LogP contribution in [0.5, 0.6) is 5.75 Å². The van der Waals surface area contributed by atoms with Crippen LogP contribution < -0.4 is 10.5 Å². The second kappa shape index (κ2) is 4.16. The Morgan fingerprint density at radius 2 is 1.89 bits per heavy atom. The highest BCUT2D eigenvalue weighted by Crippen LogP contribution is 2.34. The number of aryl methyl sites for hydroxylation is 1. The van der Waals surface area contributed by atoms with Gasteiger partial charge in [-0.05, 0) is 30.0 Å². The van der Waals surface area contributed by atoms with Crippen molar-refractivity contribution < 1.29 is 4.74 Å². The van der Waals surface area contributed by atoms with E-state index in [9.17, 15) is 0 Å². The summed E-state index contributed by atoms with van der Waals surface area (Å²) in [7, 11) is 1.65. The zero-order valence-corrected chi connectivity index (χ0v) is 11.7. The number of benzene rings is 1. The molecule has 0 aliphatic heterocycles. The molecular formula is C15H20N2O. The fourth-order valence-corrected chi connectivity index (χ4v) is 2.15. The van der Waals surface area contributed by atoms with Gasteiger partial charge in [0.25, 0.3) is 0 Å². The molecule has 0 aliphatic carbocycles. The molecule has 2 aromatic rings. The van der Waals surface area contributed by atoms with Crippen LogP contribution in [-0.2, 0) is 5.41 Å². The third kappa shape index (κ3) is 2.01. The predicted molar refractivity (Wildman–Crippen MR) is 76.1 cm³/mol. The first-order valence-electron chi connectivity index (χ1n) is 6.09. The lowest BCUT2D eigenvalue weighted by atomic mass is 9.86. The summed E-state index contributed by atoms with van der Waals surface area (Å²) in [5.74, 6) is 1.35. The first-order chi connectivity index (χ1) is 8.34. The quantitative estimate of drug-likeness (QED) is 0.836. The molecule has 2 N–H and O–H groups in total. The molecule has 3 heteroatoms. The lowest BCUT2D eigenvalue weighted by molar-refractivity contribution is 0.419. The summed E-state index contributed by atoms with van der Waals surface area (Å²) >= 11 is 0. The molecule has 0 spiro atoms. The first-order valence-corrected chi connectivity index (χ1v) is 6.09. The number of nitrogens with zero attached hydrogens (tertiary/aromatic N) is 1. The van der Waals surface area contributed by atoms with Crippen LogP contribution in [0, 0.1) is 6.92 Å². The zero-order valence-electron chi connectivity index (χ0n) is 11.7. The minimum atomic E-state index is -0.0131. The minimum absolute atomic E-state index is 0.0131. The Labute approximate surface area is 108 Å². The Kier molecular flexibility index (Phi) is 2.93. The van der Waals surface area contributed by atoms with Crippen LogP contribution in [0.15, 0.2) is 18.2 Å². The molecule has 0 amide bonds. The molecule has 3 nitrogen and oxygen atoms in total. The highest BCUT2D eigenvalue weighted by molar-refractivity contribution is 5.89. The average Bonchev–Trinajstić information content (AvgIpc) is 2.27. The van der Waals surface area contributed by atoms with E-state index in [1.54, 1.807) is 7.11 Å². The molecule has 0 radical (unpaired) electrons. The van der Waals surface area contributed by atoms with Gasteiger partial charge in [0.05, 0.1) is 7.11 Å². The summed E-state index contributed by atoms with van der Waals surface area (Å²) in [4.78, 5) is 4.53. The minimum Gasteiger partial charge on any atom is -0.494 e. The Bertz CT molecular complexity index is 597. The maximum atomic E-state index is 6.08. The van der Waals surface area contributed by atoms with Gasteiger partial charge in [0.2, 0.25) is 0 Å². The summed E-state index contributed by atoms with van der Waals surface area (Å²) in [6.07, 6.45) is 0. The van der Waals surface area contributed by atoms with Crippen molar-refractivity contribution in [2.24, 2.45) is 0 Å². The highest BCUT2D eigenvalue weighted by atomic mass is 16.5. The molecule has 0 bridgehead atoms.